The molecule has 528 valence electrons. The number of carboxylic acid groups (broad SMARTS) is 1. The van der Waals surface area contributed by atoms with Crippen molar-refractivity contribution < 1.29 is 48.1 Å². The van der Waals surface area contributed by atoms with Gasteiger partial charge < -0.3 is 76.3 Å². The molecule has 3 aliphatic rings. The molecule has 1 saturated carbocycles. The van der Waals surface area contributed by atoms with Gasteiger partial charge in [0.25, 0.3) is 11.1 Å². The first-order valence-corrected chi connectivity index (χ1v) is 33.7. The van der Waals surface area contributed by atoms with E-state index in [2.05, 4.69) is 65.4 Å². The van der Waals surface area contributed by atoms with Crippen LogP contribution < -0.4 is 64.1 Å². The van der Waals surface area contributed by atoms with Crippen LogP contribution in [0.2, 0.25) is 0 Å². The molecular formula is C73H83N15O13. The van der Waals surface area contributed by atoms with E-state index in [0.29, 0.717) is 70.7 Å². The van der Waals surface area contributed by atoms with Crippen molar-refractivity contribution in [1.82, 2.24) is 65.5 Å². The average molecular weight is 1380 g/mol. The molecular weight excluding hydrogens is 1290 g/mol. The number of hydrogen-bond donors (Lipinski definition) is 9. The van der Waals surface area contributed by atoms with Crippen LogP contribution in [0.3, 0.4) is 0 Å². The minimum atomic E-state index is -1.37. The number of ether oxygens (including phenoxy) is 3. The zero-order valence-corrected chi connectivity index (χ0v) is 56.6. The normalized spacial score (nSPS) is 15.5. The Balaban J connectivity index is 0.779. The number of benzene rings is 4. The zero-order chi connectivity index (χ0) is 71.2. The fraction of sp³-hybridized carbons (Fsp3) is 0.384. The number of carbonyl (C=O) groups excluding carboxylic acids is 5. The van der Waals surface area contributed by atoms with Crippen molar-refractivity contribution in [3.05, 3.63) is 181 Å². The van der Waals surface area contributed by atoms with Crippen LogP contribution >= 0.6 is 0 Å². The molecule has 5 amide bonds. The van der Waals surface area contributed by atoms with Crippen LogP contribution in [0.25, 0.3) is 38.6 Å². The van der Waals surface area contributed by atoms with Crippen LogP contribution in [0.15, 0.2) is 142 Å². The third kappa shape index (κ3) is 17.6. The third-order valence-electron chi connectivity index (χ3n) is 18.6. The number of H-pyrrole nitrogens is 1. The van der Waals surface area contributed by atoms with E-state index in [4.69, 9.17) is 35.0 Å². The Morgan fingerprint density at radius 1 is 0.802 bits per heavy atom. The number of pyridine rings is 1. The quantitative estimate of drug-likeness (QED) is 0.0185. The second kappa shape index (κ2) is 32.4. The molecule has 6 heterocycles. The molecule has 28 heteroatoms. The molecule has 11 rings (SSSR count). The molecule has 28 nitrogen and oxygen atoms in total. The molecule has 4 aromatic carbocycles. The summed E-state index contributed by atoms with van der Waals surface area (Å²) in [4.78, 5) is 134. The SMILES string of the molecule is COc1ccc(C#CCNC2(C)CCN(C3CCN(c4nc([C@@](COCNC(=O)CNC(=O)[C@H](Cc5ccccc5)NC(=O)CNC(=O)CN)(OC5CC5)c5ccccc5)c5cc(-c6cn(C)c(=O)c7[nH]ccc67)ccc5n4)CC3)CC2)cc1-n1ccc(=O)n(CNC(=O)CCC(=O)O)c1=O. The molecule has 101 heavy (non-hydrogen) atoms. The van der Waals surface area contributed by atoms with E-state index < -0.39 is 84.6 Å². The number of aliphatic carboxylic acids is 1. The van der Waals surface area contributed by atoms with Crippen molar-refractivity contribution in [2.75, 3.05) is 77.7 Å². The number of aromatic amines is 1. The summed E-state index contributed by atoms with van der Waals surface area (Å²) in [5, 5.41) is 27.0. The van der Waals surface area contributed by atoms with E-state index in [-0.39, 0.29) is 49.9 Å². The van der Waals surface area contributed by atoms with Crippen molar-refractivity contribution >= 4 is 63.3 Å². The highest BCUT2D eigenvalue weighted by molar-refractivity contribution is 5.98. The van der Waals surface area contributed by atoms with Crippen molar-refractivity contribution in [2.45, 2.75) is 101 Å². The smallest absolute Gasteiger partial charge is 0.337 e. The first-order valence-electron chi connectivity index (χ1n) is 33.7. The Hall–Kier alpha value is -10.8. The second-order valence-corrected chi connectivity index (χ2v) is 25.7. The highest BCUT2D eigenvalue weighted by atomic mass is 16.6. The summed E-state index contributed by atoms with van der Waals surface area (Å²) in [7, 11) is 3.18. The summed E-state index contributed by atoms with van der Waals surface area (Å²) in [6.45, 7) is 3.72. The number of amides is 5. The molecule has 0 bridgehead atoms. The highest BCUT2D eigenvalue weighted by Gasteiger charge is 2.45. The minimum Gasteiger partial charge on any atom is -0.495 e. The van der Waals surface area contributed by atoms with Crippen LogP contribution in [-0.4, -0.2) is 171 Å². The third-order valence-corrected chi connectivity index (χ3v) is 18.6. The summed E-state index contributed by atoms with van der Waals surface area (Å²) >= 11 is 0. The maximum atomic E-state index is 13.7. The number of nitrogens with two attached hydrogens (primary N) is 1. The van der Waals surface area contributed by atoms with E-state index in [1.807, 2.05) is 79.0 Å². The molecule has 0 radical (unpaired) electrons. The second-order valence-electron chi connectivity index (χ2n) is 25.7. The first-order chi connectivity index (χ1) is 48.8. The maximum absolute atomic E-state index is 13.7. The van der Waals surface area contributed by atoms with Gasteiger partial charge in [0, 0.05) is 104 Å². The summed E-state index contributed by atoms with van der Waals surface area (Å²) in [6, 6.07) is 32.3. The van der Waals surface area contributed by atoms with Gasteiger partial charge in [-0.3, -0.25) is 42.9 Å². The lowest BCUT2D eigenvalue weighted by atomic mass is 9.87. The molecule has 2 atom stereocenters. The van der Waals surface area contributed by atoms with Gasteiger partial charge in [0.2, 0.25) is 35.5 Å². The predicted octanol–water partition coefficient (Wildman–Crippen LogP) is 2.63. The Labute approximate surface area is 581 Å². The summed E-state index contributed by atoms with van der Waals surface area (Å²) in [6.07, 6.45) is 9.24. The number of methoxy groups -OCH3 is 1. The van der Waals surface area contributed by atoms with Crippen molar-refractivity contribution in [2.24, 2.45) is 12.8 Å². The number of aryl methyl sites for hydroxylation is 1. The van der Waals surface area contributed by atoms with E-state index >= 15 is 0 Å². The molecule has 2 saturated heterocycles. The van der Waals surface area contributed by atoms with Crippen molar-refractivity contribution in [3.8, 4) is 34.4 Å². The summed E-state index contributed by atoms with van der Waals surface area (Å²) < 4.78 is 23.0. The number of carboxylic acids is 1. The zero-order valence-electron chi connectivity index (χ0n) is 56.6. The lowest BCUT2D eigenvalue weighted by Gasteiger charge is -2.45. The number of rotatable bonds is 29. The number of likely N-dealkylation sites (tertiary alicyclic amines) is 1. The van der Waals surface area contributed by atoms with E-state index in [0.717, 1.165) is 83.8 Å². The first kappa shape index (κ1) is 71.5. The molecule has 4 aromatic heterocycles. The van der Waals surface area contributed by atoms with Gasteiger partial charge in [-0.05, 0) is 98.5 Å². The molecule has 1 aliphatic carbocycles. The predicted molar refractivity (Wildman–Crippen MR) is 377 cm³/mol. The Kier molecular flexibility index (Phi) is 23.0. The molecule has 10 N–H and O–H groups in total. The van der Waals surface area contributed by atoms with Crippen molar-refractivity contribution in [1.29, 1.82) is 0 Å². The summed E-state index contributed by atoms with van der Waals surface area (Å²) in [5.41, 5.74) is 8.04. The van der Waals surface area contributed by atoms with Gasteiger partial charge in [-0.2, -0.15) is 0 Å². The number of nitrogens with one attached hydrogen (secondary N) is 7. The van der Waals surface area contributed by atoms with Gasteiger partial charge in [-0.1, -0.05) is 78.6 Å². The monoisotopic (exact) mass is 1380 g/mol. The largest absolute Gasteiger partial charge is 0.495 e. The van der Waals surface area contributed by atoms with Crippen LogP contribution in [0.1, 0.15) is 80.7 Å². The molecule has 2 aliphatic heterocycles. The van der Waals surface area contributed by atoms with Gasteiger partial charge >= 0.3 is 11.7 Å². The van der Waals surface area contributed by atoms with Crippen molar-refractivity contribution in [3.63, 3.8) is 0 Å². The number of aromatic nitrogens is 6. The van der Waals surface area contributed by atoms with Crippen LogP contribution in [0.5, 0.6) is 5.75 Å². The maximum Gasteiger partial charge on any atom is 0.337 e. The number of anilines is 1. The number of carbonyl (C=O) groups is 6. The van der Waals surface area contributed by atoms with Crippen LogP contribution in [0, 0.1) is 11.8 Å². The topological polar surface area (TPSA) is 363 Å². The fourth-order valence-electron chi connectivity index (χ4n) is 12.8. The van der Waals surface area contributed by atoms with Gasteiger partial charge in [-0.15, -0.1) is 0 Å². The van der Waals surface area contributed by atoms with Gasteiger partial charge in [0.05, 0.1) is 69.3 Å². The van der Waals surface area contributed by atoms with E-state index in [1.54, 1.807) is 48.1 Å². The number of nitrogens with zero attached hydrogens (tertiary/aromatic N) is 7. The molecule has 8 aromatic rings. The van der Waals surface area contributed by atoms with Gasteiger partial charge in [-0.25, -0.2) is 19.3 Å². The van der Waals surface area contributed by atoms with Crippen LogP contribution in [0.4, 0.5) is 5.95 Å². The standard InChI is InChI=1S/C73H83N15O13/c1-72(80-30-10-13-48-16-21-59(99-3)58(38-48)87-34-27-64(93)88(71(87)98)45-78-60(89)22-23-65(94)95)28-35-85(36-29-72)51-25-32-86(33-26-51)70-82-56-20-17-49(55-43-84(2)69(97)66-53(55)24-31-75-66)39-54(56)67(83-70)73(101-52-18-19-52,50-14-8-5-9-15-50)44-100-46-79-62(91)41-77-68(96)57(37-47-11-6-4-7-12-47)81-63(92)42-76-61(90)40-74/h4-9,11-12,14-17,20-21,24,27,31,34,38-39,43,51-52,57,75,80H,18-19,22-23,25-26,28-30,32-33,35-37,40-42,44-46,74H2,1-3H3,(H,76,90)(H,77,96)(H,78,89)(H,79,91)(H,81,92)(H,94,95)/t57-,73-/m0/s1. The van der Waals surface area contributed by atoms with E-state index in [9.17, 15) is 43.2 Å². The van der Waals surface area contributed by atoms with E-state index in [1.165, 1.54) is 23.9 Å². The molecule has 3 fully saturated rings. The molecule has 0 spiro atoms. The lowest BCUT2D eigenvalue weighted by Crippen LogP contribution is -2.55. The van der Waals surface area contributed by atoms with Gasteiger partial charge in [0.1, 0.15) is 30.7 Å². The number of hydrogen-bond acceptors (Lipinski definition) is 18. The molecule has 0 unspecified atom stereocenters. The Morgan fingerprint density at radius 3 is 2.27 bits per heavy atom. The van der Waals surface area contributed by atoms with Gasteiger partial charge in [0.15, 0.2) is 5.60 Å². The number of fused-ring (bicyclic) bond motifs is 2. The number of piperidine rings is 2. The Morgan fingerprint density at radius 2 is 1.54 bits per heavy atom. The van der Waals surface area contributed by atoms with Crippen LogP contribution in [-0.2, 0) is 64.0 Å². The highest BCUT2D eigenvalue weighted by Crippen LogP contribution is 2.44. The lowest BCUT2D eigenvalue weighted by molar-refractivity contribution is -0.139. The summed E-state index contributed by atoms with van der Waals surface area (Å²) in [5.74, 6) is 3.22. The minimum absolute atomic E-state index is 0.109. The fourth-order valence-corrected chi connectivity index (χ4v) is 12.8. The Bertz CT molecular complexity index is 4600. The average Bonchev–Trinajstić information content (AvgIpc) is 1.64.